The zero-order valence-electron chi connectivity index (χ0n) is 9.30. The minimum absolute atomic E-state index is 0.706. The third-order valence-electron chi connectivity index (χ3n) is 2.15. The average Bonchev–Trinajstić information content (AvgIpc) is 2.84. The van der Waals surface area contributed by atoms with Gasteiger partial charge in [0.05, 0.1) is 5.56 Å². The third kappa shape index (κ3) is 3.07. The van der Waals surface area contributed by atoms with E-state index in [-0.39, 0.29) is 0 Å². The molecule has 0 spiro atoms. The maximum absolute atomic E-state index is 9.14. The first kappa shape index (κ1) is 12.1. The Hall–Kier alpha value is -1.35. The van der Waals surface area contributed by atoms with E-state index in [1.165, 1.54) is 11.8 Å². The molecule has 0 aliphatic rings. The third-order valence-corrected chi connectivity index (χ3v) is 4.11. The van der Waals surface area contributed by atoms with Crippen LogP contribution in [0.3, 0.4) is 0 Å². The number of rotatable bonds is 4. The van der Waals surface area contributed by atoms with Crippen LogP contribution in [0.25, 0.3) is 0 Å². The molecule has 2 aromatic rings. The van der Waals surface area contributed by atoms with Crippen molar-refractivity contribution in [3.05, 3.63) is 40.9 Å². The highest BCUT2D eigenvalue weighted by Crippen LogP contribution is 2.31. The molecule has 0 fully saturated rings. The largest absolute Gasteiger partial charge is 0.316 e. The van der Waals surface area contributed by atoms with Crippen LogP contribution in [-0.4, -0.2) is 12.0 Å². The summed E-state index contributed by atoms with van der Waals surface area (Å²) in [6.07, 6.45) is 1.77. The summed E-state index contributed by atoms with van der Waals surface area (Å²) >= 11 is 3.12. The van der Waals surface area contributed by atoms with E-state index in [0.29, 0.717) is 5.56 Å². The minimum Gasteiger partial charge on any atom is -0.316 e. The molecule has 86 valence electrons. The molecule has 0 unspecified atom stereocenters. The number of hydrogen-bond acceptors (Lipinski definition) is 5. The van der Waals surface area contributed by atoms with E-state index < -0.39 is 0 Å². The molecule has 0 bridgehead atoms. The van der Waals surface area contributed by atoms with Gasteiger partial charge >= 0.3 is 0 Å². The fraction of sp³-hybridized carbons (Fsp3) is 0.167. The number of hydrogen-bond donors (Lipinski definition) is 1. The van der Waals surface area contributed by atoms with Gasteiger partial charge in [0.2, 0.25) is 0 Å². The minimum atomic E-state index is 0.706. The fourth-order valence-corrected chi connectivity index (χ4v) is 3.06. The molecule has 1 aromatic heterocycles. The van der Waals surface area contributed by atoms with Crippen molar-refractivity contribution in [2.24, 2.45) is 0 Å². The molecule has 1 aromatic carbocycles. The van der Waals surface area contributed by atoms with Crippen molar-refractivity contribution in [1.29, 1.82) is 5.26 Å². The number of nitrogens with zero attached hydrogens (tertiary/aromatic N) is 2. The summed E-state index contributed by atoms with van der Waals surface area (Å²) in [7, 11) is 1.89. The van der Waals surface area contributed by atoms with Crippen LogP contribution in [0.1, 0.15) is 11.1 Å². The Bertz CT molecular complexity index is 529. The predicted molar refractivity (Wildman–Crippen MR) is 70.2 cm³/mol. The van der Waals surface area contributed by atoms with Crippen molar-refractivity contribution in [3.8, 4) is 6.07 Å². The van der Waals surface area contributed by atoms with Crippen LogP contribution in [0.15, 0.2) is 39.0 Å². The SMILES string of the molecule is CNCc1ccc(Sc2nccs2)c(C#N)c1. The summed E-state index contributed by atoms with van der Waals surface area (Å²) in [6, 6.07) is 8.18. The second-order valence-corrected chi connectivity index (χ2v) is 5.56. The number of thiazole rings is 1. The van der Waals surface area contributed by atoms with Crippen molar-refractivity contribution in [2.45, 2.75) is 15.8 Å². The van der Waals surface area contributed by atoms with Crippen LogP contribution in [0.4, 0.5) is 0 Å². The topological polar surface area (TPSA) is 48.7 Å². The summed E-state index contributed by atoms with van der Waals surface area (Å²) in [5.41, 5.74) is 1.82. The summed E-state index contributed by atoms with van der Waals surface area (Å²) < 4.78 is 0.961. The molecule has 1 N–H and O–H groups in total. The zero-order valence-corrected chi connectivity index (χ0v) is 10.9. The molecular weight excluding hydrogens is 250 g/mol. The van der Waals surface area contributed by atoms with Gasteiger partial charge in [-0.2, -0.15) is 5.26 Å². The highest BCUT2D eigenvalue weighted by atomic mass is 32.2. The molecule has 0 aliphatic heterocycles. The lowest BCUT2D eigenvalue weighted by molar-refractivity contribution is 0.816. The van der Waals surface area contributed by atoms with Crippen molar-refractivity contribution in [3.63, 3.8) is 0 Å². The van der Waals surface area contributed by atoms with Gasteiger partial charge in [0, 0.05) is 23.0 Å². The first-order chi connectivity index (χ1) is 8.33. The monoisotopic (exact) mass is 261 g/mol. The summed E-state index contributed by atoms with van der Waals surface area (Å²) in [6.45, 7) is 0.775. The van der Waals surface area contributed by atoms with Crippen LogP contribution in [0.2, 0.25) is 0 Å². The maximum atomic E-state index is 9.14. The number of nitriles is 1. The van der Waals surface area contributed by atoms with E-state index in [1.807, 2.05) is 30.6 Å². The molecule has 3 nitrogen and oxygen atoms in total. The van der Waals surface area contributed by atoms with Crippen molar-refractivity contribution >= 4 is 23.1 Å². The summed E-state index contributed by atoms with van der Waals surface area (Å²) in [5.74, 6) is 0. The lowest BCUT2D eigenvalue weighted by Crippen LogP contribution is -2.05. The number of nitrogens with one attached hydrogen (secondary N) is 1. The van der Waals surface area contributed by atoms with E-state index in [0.717, 1.165) is 21.3 Å². The normalized spacial score (nSPS) is 10.1. The van der Waals surface area contributed by atoms with Gasteiger partial charge in [-0.25, -0.2) is 4.98 Å². The average molecular weight is 261 g/mol. The maximum Gasteiger partial charge on any atom is 0.154 e. The van der Waals surface area contributed by atoms with Gasteiger partial charge in [0.25, 0.3) is 0 Å². The van der Waals surface area contributed by atoms with Crippen LogP contribution in [0.5, 0.6) is 0 Å². The van der Waals surface area contributed by atoms with Crippen LogP contribution in [-0.2, 0) is 6.54 Å². The molecule has 1 heterocycles. The first-order valence-electron chi connectivity index (χ1n) is 5.08. The van der Waals surface area contributed by atoms with Gasteiger partial charge in [0.15, 0.2) is 4.34 Å². The van der Waals surface area contributed by atoms with Crippen LogP contribution >= 0.6 is 23.1 Å². The van der Waals surface area contributed by atoms with E-state index in [9.17, 15) is 0 Å². The van der Waals surface area contributed by atoms with E-state index >= 15 is 0 Å². The van der Waals surface area contributed by atoms with E-state index in [1.54, 1.807) is 17.5 Å². The van der Waals surface area contributed by atoms with Crippen molar-refractivity contribution in [1.82, 2.24) is 10.3 Å². The highest BCUT2D eigenvalue weighted by molar-refractivity contribution is 8.01. The molecule has 0 aliphatic carbocycles. The Morgan fingerprint density at radius 3 is 3.06 bits per heavy atom. The Kier molecular flexibility index (Phi) is 4.15. The van der Waals surface area contributed by atoms with Gasteiger partial charge in [-0.05, 0) is 24.7 Å². The fourth-order valence-electron chi connectivity index (χ4n) is 1.42. The standard InChI is InChI=1S/C12H11N3S2/c1-14-8-9-2-3-11(10(6-9)7-13)17-12-15-4-5-16-12/h2-6,14H,8H2,1H3. The lowest BCUT2D eigenvalue weighted by Gasteiger charge is -2.04. The van der Waals surface area contributed by atoms with Crippen molar-refractivity contribution in [2.75, 3.05) is 7.05 Å². The molecular formula is C12H11N3S2. The highest BCUT2D eigenvalue weighted by Gasteiger charge is 2.06. The van der Waals surface area contributed by atoms with Crippen LogP contribution < -0.4 is 5.32 Å². The summed E-state index contributed by atoms with van der Waals surface area (Å²) in [4.78, 5) is 5.17. The quantitative estimate of drug-likeness (QED) is 0.919. The van der Waals surface area contributed by atoms with Crippen LogP contribution in [0, 0.1) is 11.3 Å². The Labute approximate surface area is 109 Å². The zero-order chi connectivity index (χ0) is 12.1. The van der Waals surface area contributed by atoms with Gasteiger partial charge in [-0.15, -0.1) is 11.3 Å². The molecule has 5 heteroatoms. The van der Waals surface area contributed by atoms with E-state index in [2.05, 4.69) is 16.4 Å². The van der Waals surface area contributed by atoms with Gasteiger partial charge < -0.3 is 5.32 Å². The molecule has 0 amide bonds. The van der Waals surface area contributed by atoms with Gasteiger partial charge in [0.1, 0.15) is 6.07 Å². The van der Waals surface area contributed by atoms with Gasteiger partial charge in [-0.1, -0.05) is 17.8 Å². The Balaban J connectivity index is 2.25. The van der Waals surface area contributed by atoms with Crippen molar-refractivity contribution < 1.29 is 0 Å². The molecule has 0 saturated heterocycles. The molecule has 2 rings (SSSR count). The van der Waals surface area contributed by atoms with E-state index in [4.69, 9.17) is 5.26 Å². The molecule has 0 radical (unpaired) electrons. The lowest BCUT2D eigenvalue weighted by atomic mass is 10.1. The number of aromatic nitrogens is 1. The second-order valence-electron chi connectivity index (χ2n) is 3.37. The number of benzene rings is 1. The smallest absolute Gasteiger partial charge is 0.154 e. The van der Waals surface area contributed by atoms with Gasteiger partial charge in [-0.3, -0.25) is 0 Å². The Morgan fingerprint density at radius 2 is 2.41 bits per heavy atom. The molecule has 0 saturated carbocycles. The Morgan fingerprint density at radius 1 is 1.53 bits per heavy atom. The molecule has 0 atom stereocenters. The predicted octanol–water partition coefficient (Wildman–Crippen LogP) is 2.89. The molecule has 17 heavy (non-hydrogen) atoms. The first-order valence-corrected chi connectivity index (χ1v) is 6.78. The summed E-state index contributed by atoms with van der Waals surface area (Å²) in [5, 5.41) is 14.1. The second kappa shape index (κ2) is 5.82.